The van der Waals surface area contributed by atoms with Gasteiger partial charge in [-0.3, -0.25) is 0 Å². The highest BCUT2D eigenvalue weighted by Gasteiger charge is 2.08. The Labute approximate surface area is 115 Å². The summed E-state index contributed by atoms with van der Waals surface area (Å²) in [5, 5.41) is 4.35. The molecule has 0 amide bonds. The van der Waals surface area contributed by atoms with Crippen LogP contribution in [0.25, 0.3) is 5.69 Å². The van der Waals surface area contributed by atoms with Crippen molar-refractivity contribution in [2.45, 2.75) is 26.3 Å². The maximum atomic E-state index is 5.90. The van der Waals surface area contributed by atoms with Crippen LogP contribution < -0.4 is 5.73 Å². The lowest BCUT2D eigenvalue weighted by Gasteiger charge is -2.12. The summed E-state index contributed by atoms with van der Waals surface area (Å²) < 4.78 is 3.05. The maximum Gasteiger partial charge on any atom is 0.0678 e. The molecule has 1 heterocycles. The van der Waals surface area contributed by atoms with Gasteiger partial charge in [0.1, 0.15) is 0 Å². The second-order valence-electron chi connectivity index (χ2n) is 4.42. The Bertz CT molecular complexity index is 517. The third-order valence-electron chi connectivity index (χ3n) is 2.57. The molecule has 0 aliphatic carbocycles. The molecule has 1 aromatic heterocycles. The highest BCUT2D eigenvalue weighted by atomic mass is 127. The van der Waals surface area contributed by atoms with Crippen molar-refractivity contribution in [3.63, 3.8) is 0 Å². The van der Waals surface area contributed by atoms with E-state index in [1.54, 1.807) is 0 Å². The summed E-state index contributed by atoms with van der Waals surface area (Å²) in [5.74, 6) is 0. The summed E-state index contributed by atoms with van der Waals surface area (Å²) in [6.45, 7) is 4.13. The lowest BCUT2D eigenvalue weighted by atomic mass is 10.0. The van der Waals surface area contributed by atoms with E-state index in [-0.39, 0.29) is 6.04 Å². The first-order chi connectivity index (χ1) is 8.06. The molecule has 0 saturated carbocycles. The Hall–Kier alpha value is -0.880. The van der Waals surface area contributed by atoms with Crippen LogP contribution in [-0.2, 0) is 6.42 Å². The number of nitrogens with two attached hydrogens (primary N) is 1. The molecule has 2 N–H and O–H groups in total. The Morgan fingerprint density at radius 2 is 2.24 bits per heavy atom. The number of rotatable bonds is 3. The number of hydrogen-bond donors (Lipinski definition) is 1. The predicted octanol–water partition coefficient (Wildman–Crippen LogP) is 2.68. The molecule has 1 aromatic carbocycles. The molecule has 0 radical (unpaired) electrons. The van der Waals surface area contributed by atoms with E-state index in [9.17, 15) is 0 Å². The average Bonchev–Trinajstić information content (AvgIpc) is 2.64. The molecule has 2 aromatic rings. The van der Waals surface area contributed by atoms with Crippen molar-refractivity contribution in [3.8, 4) is 5.69 Å². The third kappa shape index (κ3) is 3.07. The van der Waals surface area contributed by atoms with Gasteiger partial charge in [0.05, 0.1) is 15.5 Å². The summed E-state index contributed by atoms with van der Waals surface area (Å²) in [6.07, 6.45) is 4.75. The van der Waals surface area contributed by atoms with Crippen LogP contribution in [0, 0.1) is 10.5 Å². The average molecular weight is 341 g/mol. The number of benzene rings is 1. The van der Waals surface area contributed by atoms with Crippen molar-refractivity contribution in [1.82, 2.24) is 9.78 Å². The van der Waals surface area contributed by atoms with Crippen molar-refractivity contribution in [2.75, 3.05) is 0 Å². The molecule has 0 bridgehead atoms. The molecule has 0 saturated heterocycles. The normalized spacial score (nSPS) is 12.7. The van der Waals surface area contributed by atoms with Gasteiger partial charge in [-0.25, -0.2) is 4.68 Å². The fraction of sp³-hybridized carbons (Fsp3) is 0.308. The van der Waals surface area contributed by atoms with E-state index in [1.807, 2.05) is 24.0 Å². The van der Waals surface area contributed by atoms with Crippen LogP contribution in [0.15, 0.2) is 30.6 Å². The minimum Gasteiger partial charge on any atom is -0.328 e. The van der Waals surface area contributed by atoms with Crippen LogP contribution in [0.3, 0.4) is 0 Å². The minimum atomic E-state index is 0.158. The molecule has 3 nitrogen and oxygen atoms in total. The van der Waals surface area contributed by atoms with Gasteiger partial charge in [-0.15, -0.1) is 0 Å². The summed E-state index contributed by atoms with van der Waals surface area (Å²) in [7, 11) is 0. The van der Waals surface area contributed by atoms with E-state index in [0.29, 0.717) is 0 Å². The first-order valence-electron chi connectivity index (χ1n) is 5.62. The molecule has 2 rings (SSSR count). The zero-order valence-corrected chi connectivity index (χ0v) is 12.2. The van der Waals surface area contributed by atoms with Crippen molar-refractivity contribution in [2.24, 2.45) is 5.73 Å². The summed E-state index contributed by atoms with van der Waals surface area (Å²) in [4.78, 5) is 0. The lowest BCUT2D eigenvalue weighted by Crippen LogP contribution is -2.19. The van der Waals surface area contributed by atoms with E-state index < -0.39 is 0 Å². The van der Waals surface area contributed by atoms with Gasteiger partial charge in [0.15, 0.2) is 0 Å². The fourth-order valence-corrected chi connectivity index (χ4v) is 2.27. The summed E-state index contributed by atoms with van der Waals surface area (Å²) in [5.41, 5.74) is 9.52. The van der Waals surface area contributed by atoms with E-state index in [0.717, 1.165) is 15.7 Å². The third-order valence-corrected chi connectivity index (χ3v) is 3.13. The van der Waals surface area contributed by atoms with Crippen LogP contribution in [0.1, 0.15) is 18.1 Å². The first-order valence-corrected chi connectivity index (χ1v) is 6.70. The SMILES string of the molecule is Cc1ccc(-n2cc(I)cn2)c(CC(C)N)c1. The standard InChI is InChI=1S/C13H16IN3/c1-9-3-4-13(11(5-9)6-10(2)15)17-8-12(14)7-16-17/h3-5,7-8,10H,6,15H2,1-2H3. The summed E-state index contributed by atoms with van der Waals surface area (Å²) in [6, 6.07) is 6.56. The van der Waals surface area contributed by atoms with E-state index in [4.69, 9.17) is 5.73 Å². The topological polar surface area (TPSA) is 43.8 Å². The zero-order chi connectivity index (χ0) is 12.4. The highest BCUT2D eigenvalue weighted by Crippen LogP contribution is 2.18. The predicted molar refractivity (Wildman–Crippen MR) is 78.4 cm³/mol. The molecule has 0 aliphatic rings. The monoisotopic (exact) mass is 341 g/mol. The van der Waals surface area contributed by atoms with Crippen LogP contribution in [0.5, 0.6) is 0 Å². The quantitative estimate of drug-likeness (QED) is 0.873. The van der Waals surface area contributed by atoms with Gasteiger partial charge in [0.25, 0.3) is 0 Å². The van der Waals surface area contributed by atoms with Gasteiger partial charge in [0.2, 0.25) is 0 Å². The number of hydrogen-bond acceptors (Lipinski definition) is 2. The number of halogens is 1. The molecule has 0 fully saturated rings. The fourth-order valence-electron chi connectivity index (χ4n) is 1.88. The molecular formula is C13H16IN3. The maximum absolute atomic E-state index is 5.90. The Morgan fingerprint density at radius 1 is 1.47 bits per heavy atom. The Morgan fingerprint density at radius 3 is 2.82 bits per heavy atom. The minimum absolute atomic E-state index is 0.158. The van der Waals surface area contributed by atoms with Gasteiger partial charge in [-0.1, -0.05) is 17.7 Å². The van der Waals surface area contributed by atoms with Crippen molar-refractivity contribution in [1.29, 1.82) is 0 Å². The van der Waals surface area contributed by atoms with Gasteiger partial charge in [0, 0.05) is 12.2 Å². The second-order valence-corrected chi connectivity index (χ2v) is 5.66. The van der Waals surface area contributed by atoms with Crippen LogP contribution in [0.2, 0.25) is 0 Å². The molecule has 0 aliphatic heterocycles. The Balaban J connectivity index is 2.45. The van der Waals surface area contributed by atoms with E-state index in [1.165, 1.54) is 11.1 Å². The molecule has 4 heteroatoms. The van der Waals surface area contributed by atoms with Gasteiger partial charge in [-0.2, -0.15) is 5.10 Å². The molecule has 1 unspecified atom stereocenters. The molecule has 0 spiro atoms. The van der Waals surface area contributed by atoms with Crippen molar-refractivity contribution in [3.05, 3.63) is 45.3 Å². The van der Waals surface area contributed by atoms with Crippen molar-refractivity contribution >= 4 is 22.6 Å². The molecular weight excluding hydrogens is 325 g/mol. The van der Waals surface area contributed by atoms with Gasteiger partial charge >= 0.3 is 0 Å². The number of aromatic nitrogens is 2. The number of aryl methyl sites for hydroxylation is 1. The van der Waals surface area contributed by atoms with Crippen LogP contribution >= 0.6 is 22.6 Å². The van der Waals surface area contributed by atoms with Crippen molar-refractivity contribution < 1.29 is 0 Å². The van der Waals surface area contributed by atoms with E-state index in [2.05, 4.69) is 52.8 Å². The van der Waals surface area contributed by atoms with E-state index >= 15 is 0 Å². The summed E-state index contributed by atoms with van der Waals surface area (Å²) >= 11 is 2.26. The Kier molecular flexibility index (Phi) is 3.83. The molecule has 1 atom stereocenters. The first kappa shape index (κ1) is 12.6. The van der Waals surface area contributed by atoms with Crippen LogP contribution in [0.4, 0.5) is 0 Å². The van der Waals surface area contributed by atoms with Gasteiger partial charge < -0.3 is 5.73 Å². The second kappa shape index (κ2) is 5.18. The lowest BCUT2D eigenvalue weighted by molar-refractivity contribution is 0.727. The largest absolute Gasteiger partial charge is 0.328 e. The molecule has 90 valence electrons. The zero-order valence-electron chi connectivity index (χ0n) is 10.0. The van der Waals surface area contributed by atoms with Crippen LogP contribution in [-0.4, -0.2) is 15.8 Å². The van der Waals surface area contributed by atoms with Gasteiger partial charge in [-0.05, 0) is 54.5 Å². The highest BCUT2D eigenvalue weighted by molar-refractivity contribution is 14.1. The number of nitrogens with zero attached hydrogens (tertiary/aromatic N) is 2. The molecule has 17 heavy (non-hydrogen) atoms. The smallest absolute Gasteiger partial charge is 0.0678 e.